The molecular weight excluding hydrogens is 1030 g/mol. The number of aliphatic hydroxyl groups is 16. The molecule has 0 aromatic carbocycles. The zero-order valence-electron chi connectivity index (χ0n) is 45.7. The van der Waals surface area contributed by atoms with Gasteiger partial charge in [0.2, 0.25) is 0 Å². The standard InChI is InChI=1S/C54H90O24/c1-49(2)14-23-22-8-9-29-51(5)12-11-31(50(3,4)28(51)10-13-52(29,6)53(22,7)15-30(60)54(23,21-59)32(16-49)76-45-41(69)37(65)33(61)24(17-55)71-45)75-47-43(39(67)35(63)26(19-57)73-47)78-48-44(40(68)36(64)27(20-58)74-48)77-46-42(70)38(66)34(62)25(18-56)72-46/h8,23-48,55-70H,9-21H2,1-7H3/t23-,24+,25-,26-,27-,28-,29-,30-,31+,32+,33+,34+,35-,36-,37-,38+,39+,40+,41+,42-,43-,44-,45-,46+,47+,48+,51+,52-,53-,54+/m1/s1. The molecule has 0 radical (unpaired) electrons. The van der Waals surface area contributed by atoms with Crippen molar-refractivity contribution in [2.24, 2.45) is 50.2 Å². The highest BCUT2D eigenvalue weighted by atomic mass is 16.8. The molecule has 4 aliphatic heterocycles. The molecule has 0 unspecified atom stereocenters. The van der Waals surface area contributed by atoms with Crippen molar-refractivity contribution in [3.8, 4) is 0 Å². The van der Waals surface area contributed by atoms with Gasteiger partial charge in [-0.1, -0.05) is 60.1 Å². The third kappa shape index (κ3) is 9.71. The first-order valence-corrected chi connectivity index (χ1v) is 28.0. The van der Waals surface area contributed by atoms with E-state index >= 15 is 0 Å². The van der Waals surface area contributed by atoms with Crippen molar-refractivity contribution in [3.05, 3.63) is 11.6 Å². The number of rotatable bonds is 13. The second-order valence-corrected chi connectivity index (χ2v) is 26.5. The molecule has 4 saturated heterocycles. The Labute approximate surface area is 454 Å². The van der Waals surface area contributed by atoms with E-state index in [2.05, 4.69) is 54.5 Å². The summed E-state index contributed by atoms with van der Waals surface area (Å²) in [5, 5.41) is 174. The van der Waals surface area contributed by atoms with Crippen LogP contribution in [0.3, 0.4) is 0 Å². The molecule has 0 bridgehead atoms. The number of fused-ring (bicyclic) bond motifs is 7. The number of ether oxygens (including phenoxy) is 8. The highest BCUT2D eigenvalue weighted by molar-refractivity contribution is 5.36. The van der Waals surface area contributed by atoms with Crippen LogP contribution >= 0.6 is 0 Å². The average molecular weight is 1120 g/mol. The van der Waals surface area contributed by atoms with Gasteiger partial charge in [0.25, 0.3) is 0 Å². The van der Waals surface area contributed by atoms with E-state index in [4.69, 9.17) is 37.9 Å². The molecule has 24 nitrogen and oxygen atoms in total. The highest BCUT2D eigenvalue weighted by Gasteiger charge is 2.72. The SMILES string of the molecule is CC1(C)C[C@H](O[C@H]2O[C@@H](CO)[C@H](O)[C@@H](O)[C@@H]2O)[C@]2(CO)[C@H](O)C[C@]3(C)C(=CC[C@@H]4[C@@]5(C)CC[C@H](O[C@@H]6O[C@H](CO)[C@@H](O)[C@H](O)[C@H]6O[C@@H]6O[C@H](CO)[C@@H](O)[C@H](O)[C@H]6O[C@@H]6O[C@H](CO)[C@H](O)[C@H](O)[C@H]6O)C(C)(C)[C@H]5CC[C@]43C)[C@H]2C1. The van der Waals surface area contributed by atoms with Crippen molar-refractivity contribution in [3.63, 3.8) is 0 Å². The largest absolute Gasteiger partial charge is 0.396 e. The fourth-order valence-corrected chi connectivity index (χ4v) is 16.9. The Kier molecular flexibility index (Phi) is 17.6. The lowest BCUT2D eigenvalue weighted by molar-refractivity contribution is -0.398. The Morgan fingerprint density at radius 1 is 0.474 bits per heavy atom. The number of allylic oxidation sites excluding steroid dienone is 2. The molecule has 24 heteroatoms. The molecule has 78 heavy (non-hydrogen) atoms. The molecule has 5 aliphatic carbocycles. The van der Waals surface area contributed by atoms with Gasteiger partial charge in [-0.2, -0.15) is 0 Å². The summed E-state index contributed by atoms with van der Waals surface area (Å²) in [6.07, 6.45) is -29.1. The van der Waals surface area contributed by atoms with Crippen molar-refractivity contribution in [2.45, 2.75) is 241 Å². The molecule has 9 aliphatic rings. The topological polar surface area (TPSA) is 398 Å². The van der Waals surface area contributed by atoms with Crippen LogP contribution in [0, 0.1) is 50.2 Å². The van der Waals surface area contributed by atoms with E-state index in [1.165, 1.54) is 0 Å². The second kappa shape index (κ2) is 22.3. The molecule has 450 valence electrons. The molecule has 8 fully saturated rings. The predicted molar refractivity (Wildman–Crippen MR) is 265 cm³/mol. The van der Waals surface area contributed by atoms with Gasteiger partial charge in [-0.25, -0.2) is 0 Å². The van der Waals surface area contributed by atoms with Gasteiger partial charge < -0.3 is 120 Å². The third-order valence-electron chi connectivity index (χ3n) is 21.6. The molecule has 9 rings (SSSR count). The van der Waals surface area contributed by atoms with Gasteiger partial charge >= 0.3 is 0 Å². The minimum atomic E-state index is -1.95. The molecular formula is C54H90O24. The summed E-state index contributed by atoms with van der Waals surface area (Å²) in [5.41, 5.74) is -2.35. The first kappa shape index (κ1) is 61.3. The van der Waals surface area contributed by atoms with E-state index < -0.39 is 190 Å². The molecule has 0 aromatic heterocycles. The van der Waals surface area contributed by atoms with E-state index in [9.17, 15) is 81.7 Å². The normalized spacial score (nSPS) is 54.9. The Morgan fingerprint density at radius 3 is 1.42 bits per heavy atom. The monoisotopic (exact) mass is 1120 g/mol. The van der Waals surface area contributed by atoms with Crippen molar-refractivity contribution in [1.82, 2.24) is 0 Å². The molecule has 30 atom stereocenters. The van der Waals surface area contributed by atoms with Gasteiger partial charge in [-0.05, 0) is 96.2 Å². The van der Waals surface area contributed by atoms with Crippen LogP contribution in [0.25, 0.3) is 0 Å². The Bertz CT molecular complexity index is 2100. The molecule has 0 amide bonds. The third-order valence-corrected chi connectivity index (χ3v) is 21.6. The predicted octanol–water partition coefficient (Wildman–Crippen LogP) is -3.62. The maximum absolute atomic E-state index is 12.8. The maximum atomic E-state index is 12.8. The second-order valence-electron chi connectivity index (χ2n) is 26.5. The van der Waals surface area contributed by atoms with Gasteiger partial charge in [0.1, 0.15) is 97.7 Å². The van der Waals surface area contributed by atoms with Crippen molar-refractivity contribution >= 4 is 0 Å². The fraction of sp³-hybridized carbons (Fsp3) is 0.963. The summed E-state index contributed by atoms with van der Waals surface area (Å²) in [5.74, 6) is -0.257. The molecule has 4 heterocycles. The molecule has 16 N–H and O–H groups in total. The van der Waals surface area contributed by atoms with E-state index in [0.29, 0.717) is 38.5 Å². The van der Waals surface area contributed by atoms with Crippen LogP contribution in [0.4, 0.5) is 0 Å². The lowest BCUT2D eigenvalue weighted by Gasteiger charge is -2.72. The van der Waals surface area contributed by atoms with Crippen molar-refractivity contribution in [2.75, 3.05) is 33.0 Å². The lowest BCUT2D eigenvalue weighted by Crippen LogP contribution is -2.70. The van der Waals surface area contributed by atoms with Crippen LogP contribution in [0.5, 0.6) is 0 Å². The van der Waals surface area contributed by atoms with Crippen LogP contribution in [-0.4, -0.2) is 256 Å². The highest BCUT2D eigenvalue weighted by Crippen LogP contribution is 2.76. The van der Waals surface area contributed by atoms with Crippen LogP contribution in [0.1, 0.15) is 99.8 Å². The van der Waals surface area contributed by atoms with Gasteiger partial charge in [-0.3, -0.25) is 0 Å². The van der Waals surface area contributed by atoms with E-state index in [1.807, 2.05) is 0 Å². The van der Waals surface area contributed by atoms with E-state index in [-0.39, 0.29) is 34.0 Å². The summed E-state index contributed by atoms with van der Waals surface area (Å²) >= 11 is 0. The average Bonchev–Trinajstić information content (AvgIpc) is 2.00. The van der Waals surface area contributed by atoms with Crippen LogP contribution in [0.2, 0.25) is 0 Å². The fourth-order valence-electron chi connectivity index (χ4n) is 16.9. The molecule has 0 aromatic rings. The smallest absolute Gasteiger partial charge is 0.187 e. The van der Waals surface area contributed by atoms with Gasteiger partial charge in [0, 0.05) is 0 Å². The molecule has 0 spiro atoms. The summed E-state index contributed by atoms with van der Waals surface area (Å²) in [6, 6.07) is 0. The Morgan fingerprint density at radius 2 is 0.923 bits per heavy atom. The maximum Gasteiger partial charge on any atom is 0.187 e. The Hall–Kier alpha value is -1.22. The summed E-state index contributed by atoms with van der Waals surface area (Å²) in [7, 11) is 0. The van der Waals surface area contributed by atoms with Gasteiger partial charge in [-0.15, -0.1) is 0 Å². The van der Waals surface area contributed by atoms with Gasteiger partial charge in [0.05, 0.1) is 56.8 Å². The first-order chi connectivity index (χ1) is 36.5. The lowest BCUT2D eigenvalue weighted by atomic mass is 9.33. The minimum Gasteiger partial charge on any atom is -0.396 e. The zero-order valence-corrected chi connectivity index (χ0v) is 45.7. The minimum absolute atomic E-state index is 0.0161. The van der Waals surface area contributed by atoms with E-state index in [0.717, 1.165) is 18.4 Å². The first-order valence-electron chi connectivity index (χ1n) is 28.0. The summed E-state index contributed by atoms with van der Waals surface area (Å²) < 4.78 is 49.1. The van der Waals surface area contributed by atoms with Crippen molar-refractivity contribution < 1.29 is 120 Å². The number of aliphatic hydroxyl groups excluding tert-OH is 16. The number of hydrogen-bond acceptors (Lipinski definition) is 24. The Balaban J connectivity index is 0.974. The summed E-state index contributed by atoms with van der Waals surface area (Å²) in [6.45, 7) is 11.9. The summed E-state index contributed by atoms with van der Waals surface area (Å²) in [4.78, 5) is 0. The quantitative estimate of drug-likeness (QED) is 0.0625. The van der Waals surface area contributed by atoms with Crippen molar-refractivity contribution in [1.29, 1.82) is 0 Å². The van der Waals surface area contributed by atoms with Crippen LogP contribution < -0.4 is 0 Å². The molecule has 4 saturated carbocycles. The zero-order chi connectivity index (χ0) is 57.1. The van der Waals surface area contributed by atoms with E-state index in [1.54, 1.807) is 0 Å². The van der Waals surface area contributed by atoms with Crippen LogP contribution in [0.15, 0.2) is 11.6 Å². The number of hydrogen-bond donors (Lipinski definition) is 16. The van der Waals surface area contributed by atoms with Gasteiger partial charge in [0.15, 0.2) is 25.2 Å². The van der Waals surface area contributed by atoms with Crippen LogP contribution in [-0.2, 0) is 37.9 Å².